The van der Waals surface area contributed by atoms with Gasteiger partial charge in [-0.05, 0) is 19.8 Å². The van der Waals surface area contributed by atoms with E-state index < -0.39 is 12.0 Å². The summed E-state index contributed by atoms with van der Waals surface area (Å²) in [6, 6.07) is -0.535. The summed E-state index contributed by atoms with van der Waals surface area (Å²) in [7, 11) is 0. The zero-order chi connectivity index (χ0) is 15.2. The van der Waals surface area contributed by atoms with Gasteiger partial charge in [0.2, 0.25) is 11.8 Å². The van der Waals surface area contributed by atoms with Gasteiger partial charge in [-0.1, -0.05) is 25.7 Å². The van der Waals surface area contributed by atoms with Crippen LogP contribution in [0.4, 0.5) is 0 Å². The second-order valence-electron chi connectivity index (χ2n) is 5.69. The van der Waals surface area contributed by atoms with Crippen molar-refractivity contribution in [2.24, 2.45) is 0 Å². The predicted molar refractivity (Wildman–Crippen MR) is 76.4 cm³/mol. The van der Waals surface area contributed by atoms with E-state index in [1.807, 2.05) is 0 Å². The van der Waals surface area contributed by atoms with E-state index in [-0.39, 0.29) is 30.8 Å². The fraction of sp³-hybridized carbons (Fsp3) is 0.800. The summed E-state index contributed by atoms with van der Waals surface area (Å²) >= 11 is 0. The number of carbonyl (C=O) groups excluding carboxylic acids is 3. The maximum Gasteiger partial charge on any atom is 0.319 e. The standard InChI is InChI=1S/C15H24N2O4/c1-2-21-14(19)10-16-12-9-13(18)17(15(12)20)11-7-5-3-4-6-8-11/h11-12,16H,2-10H2,1H3. The largest absolute Gasteiger partial charge is 0.465 e. The number of ether oxygens (including phenoxy) is 1. The summed E-state index contributed by atoms with van der Waals surface area (Å²) in [6.45, 7) is 2.01. The average molecular weight is 296 g/mol. The van der Waals surface area contributed by atoms with E-state index >= 15 is 0 Å². The third-order valence-electron chi connectivity index (χ3n) is 4.17. The monoisotopic (exact) mass is 296 g/mol. The molecular weight excluding hydrogens is 272 g/mol. The molecule has 1 aliphatic carbocycles. The van der Waals surface area contributed by atoms with Crippen molar-refractivity contribution >= 4 is 17.8 Å². The van der Waals surface area contributed by atoms with Crippen molar-refractivity contribution in [3.63, 3.8) is 0 Å². The third kappa shape index (κ3) is 4.03. The molecule has 1 N–H and O–H groups in total. The fourth-order valence-corrected chi connectivity index (χ4v) is 3.13. The number of esters is 1. The summed E-state index contributed by atoms with van der Waals surface area (Å²) < 4.78 is 4.81. The lowest BCUT2D eigenvalue weighted by Crippen LogP contribution is -2.45. The van der Waals surface area contributed by atoms with Crippen LogP contribution in [0, 0.1) is 0 Å². The molecule has 6 nitrogen and oxygen atoms in total. The summed E-state index contributed by atoms with van der Waals surface area (Å²) in [4.78, 5) is 37.3. The Labute approximate surface area is 125 Å². The van der Waals surface area contributed by atoms with Crippen LogP contribution in [0.25, 0.3) is 0 Å². The van der Waals surface area contributed by atoms with Crippen molar-refractivity contribution in [1.82, 2.24) is 10.2 Å². The number of rotatable bonds is 5. The molecule has 1 heterocycles. The number of nitrogens with zero attached hydrogens (tertiary/aromatic N) is 1. The van der Waals surface area contributed by atoms with Crippen LogP contribution in [0.5, 0.6) is 0 Å². The molecule has 0 spiro atoms. The zero-order valence-electron chi connectivity index (χ0n) is 12.6. The van der Waals surface area contributed by atoms with E-state index in [9.17, 15) is 14.4 Å². The normalized spacial score (nSPS) is 24.2. The number of amides is 2. The highest BCUT2D eigenvalue weighted by Gasteiger charge is 2.42. The number of hydrogen-bond acceptors (Lipinski definition) is 5. The molecule has 21 heavy (non-hydrogen) atoms. The molecule has 118 valence electrons. The van der Waals surface area contributed by atoms with Crippen LogP contribution in [-0.2, 0) is 19.1 Å². The average Bonchev–Trinajstić information content (AvgIpc) is 2.65. The SMILES string of the molecule is CCOC(=O)CNC1CC(=O)N(C2CCCCCC2)C1=O. The molecule has 2 rings (SSSR count). The first kappa shape index (κ1) is 15.9. The van der Waals surface area contributed by atoms with E-state index in [1.54, 1.807) is 6.92 Å². The van der Waals surface area contributed by atoms with Crippen LogP contribution < -0.4 is 5.32 Å². The van der Waals surface area contributed by atoms with E-state index in [2.05, 4.69) is 5.32 Å². The van der Waals surface area contributed by atoms with Gasteiger partial charge in [0.15, 0.2) is 0 Å². The molecule has 0 aromatic carbocycles. The number of carbonyl (C=O) groups is 3. The Morgan fingerprint density at radius 3 is 2.52 bits per heavy atom. The van der Waals surface area contributed by atoms with Crippen LogP contribution in [0.15, 0.2) is 0 Å². The van der Waals surface area contributed by atoms with Crippen molar-refractivity contribution in [1.29, 1.82) is 0 Å². The number of likely N-dealkylation sites (tertiary alicyclic amines) is 1. The Morgan fingerprint density at radius 2 is 1.90 bits per heavy atom. The number of imide groups is 1. The van der Waals surface area contributed by atoms with Crippen molar-refractivity contribution in [2.45, 2.75) is 64.0 Å². The molecule has 2 aliphatic rings. The van der Waals surface area contributed by atoms with Crippen LogP contribution >= 0.6 is 0 Å². The molecule has 0 aromatic heterocycles. The maximum atomic E-state index is 12.4. The minimum atomic E-state index is -0.579. The zero-order valence-corrected chi connectivity index (χ0v) is 12.6. The smallest absolute Gasteiger partial charge is 0.319 e. The molecule has 0 bridgehead atoms. The molecule has 1 unspecified atom stereocenters. The molecule has 0 radical (unpaired) electrons. The van der Waals surface area contributed by atoms with Crippen molar-refractivity contribution < 1.29 is 19.1 Å². The van der Waals surface area contributed by atoms with Crippen molar-refractivity contribution in [2.75, 3.05) is 13.2 Å². The minimum Gasteiger partial charge on any atom is -0.465 e. The van der Waals surface area contributed by atoms with Gasteiger partial charge >= 0.3 is 5.97 Å². The molecule has 1 aliphatic heterocycles. The Kier molecular flexibility index (Phi) is 5.73. The highest BCUT2D eigenvalue weighted by Crippen LogP contribution is 2.26. The minimum absolute atomic E-state index is 0.0317. The predicted octanol–water partition coefficient (Wildman–Crippen LogP) is 0.989. The van der Waals surface area contributed by atoms with Gasteiger partial charge in [-0.2, -0.15) is 0 Å². The lowest BCUT2D eigenvalue weighted by Gasteiger charge is -2.25. The molecule has 1 atom stereocenters. The van der Waals surface area contributed by atoms with E-state index in [1.165, 1.54) is 17.7 Å². The van der Waals surface area contributed by atoms with Gasteiger partial charge in [-0.3, -0.25) is 24.6 Å². The van der Waals surface area contributed by atoms with Crippen LogP contribution in [0.3, 0.4) is 0 Å². The van der Waals surface area contributed by atoms with Gasteiger partial charge < -0.3 is 4.74 Å². The highest BCUT2D eigenvalue weighted by atomic mass is 16.5. The molecular formula is C15H24N2O4. The van der Waals surface area contributed by atoms with E-state index in [0.29, 0.717) is 6.61 Å². The Morgan fingerprint density at radius 1 is 1.24 bits per heavy atom. The van der Waals surface area contributed by atoms with Gasteiger partial charge in [-0.15, -0.1) is 0 Å². The molecule has 1 saturated heterocycles. The van der Waals surface area contributed by atoms with Gasteiger partial charge in [0.25, 0.3) is 0 Å². The van der Waals surface area contributed by atoms with Crippen LogP contribution in [0.2, 0.25) is 0 Å². The van der Waals surface area contributed by atoms with Gasteiger partial charge in [-0.25, -0.2) is 0 Å². The molecule has 2 fully saturated rings. The fourth-order valence-electron chi connectivity index (χ4n) is 3.13. The Balaban J connectivity index is 1.91. The third-order valence-corrected chi connectivity index (χ3v) is 4.17. The quantitative estimate of drug-likeness (QED) is 0.465. The first-order valence-corrected chi connectivity index (χ1v) is 7.88. The van der Waals surface area contributed by atoms with Crippen molar-refractivity contribution in [3.05, 3.63) is 0 Å². The van der Waals surface area contributed by atoms with E-state index in [0.717, 1.165) is 25.7 Å². The summed E-state index contributed by atoms with van der Waals surface area (Å²) in [5, 5.41) is 2.84. The number of nitrogens with one attached hydrogen (secondary N) is 1. The van der Waals surface area contributed by atoms with Gasteiger partial charge in [0.05, 0.1) is 25.6 Å². The Bertz CT molecular complexity index is 402. The molecule has 2 amide bonds. The maximum absolute atomic E-state index is 12.4. The first-order valence-electron chi connectivity index (χ1n) is 7.88. The second-order valence-corrected chi connectivity index (χ2v) is 5.69. The van der Waals surface area contributed by atoms with E-state index in [4.69, 9.17) is 4.74 Å². The lowest BCUT2D eigenvalue weighted by atomic mass is 10.1. The first-order chi connectivity index (χ1) is 10.1. The molecule has 0 aromatic rings. The highest BCUT2D eigenvalue weighted by molar-refractivity contribution is 6.06. The summed E-state index contributed by atoms with van der Waals surface area (Å²) in [6.07, 6.45) is 6.46. The summed E-state index contributed by atoms with van der Waals surface area (Å²) in [5.74, 6) is -0.699. The summed E-state index contributed by atoms with van der Waals surface area (Å²) in [5.41, 5.74) is 0. The van der Waals surface area contributed by atoms with Gasteiger partial charge in [0.1, 0.15) is 0 Å². The number of hydrogen-bond donors (Lipinski definition) is 1. The molecule has 6 heteroatoms. The van der Waals surface area contributed by atoms with Crippen LogP contribution in [-0.4, -0.2) is 47.9 Å². The molecule has 1 saturated carbocycles. The van der Waals surface area contributed by atoms with Crippen molar-refractivity contribution in [3.8, 4) is 0 Å². The topological polar surface area (TPSA) is 75.7 Å². The van der Waals surface area contributed by atoms with Gasteiger partial charge in [0, 0.05) is 6.04 Å². The second kappa shape index (κ2) is 7.54. The lowest BCUT2D eigenvalue weighted by molar-refractivity contribution is -0.142. The van der Waals surface area contributed by atoms with Crippen LogP contribution in [0.1, 0.15) is 51.9 Å². The Hall–Kier alpha value is -1.43.